The van der Waals surface area contributed by atoms with Crippen molar-refractivity contribution in [3.05, 3.63) is 36.5 Å². The standard InChI is InChI=1S/C18H22N4O2S/c23-18(22-10-12-24-13-11-22)21-8-6-20(7-9-21)17-19-14-16(25-17)15-4-2-1-3-5-15/h1-5,14H,6-13H2. The topological polar surface area (TPSA) is 48.9 Å². The lowest BCUT2D eigenvalue weighted by atomic mass is 10.2. The molecule has 2 aromatic rings. The number of anilines is 1. The number of morpholine rings is 1. The van der Waals surface area contributed by atoms with E-state index in [9.17, 15) is 4.79 Å². The Balaban J connectivity index is 1.36. The van der Waals surface area contributed by atoms with Gasteiger partial charge in [0.15, 0.2) is 5.13 Å². The molecule has 2 aliphatic heterocycles. The summed E-state index contributed by atoms with van der Waals surface area (Å²) in [6.07, 6.45) is 1.95. The third kappa shape index (κ3) is 3.62. The summed E-state index contributed by atoms with van der Waals surface area (Å²) in [7, 11) is 0. The van der Waals surface area contributed by atoms with Crippen LogP contribution in [0.3, 0.4) is 0 Å². The van der Waals surface area contributed by atoms with Gasteiger partial charge in [0.05, 0.1) is 18.1 Å². The van der Waals surface area contributed by atoms with E-state index >= 15 is 0 Å². The summed E-state index contributed by atoms with van der Waals surface area (Å²) >= 11 is 1.71. The number of amides is 2. The van der Waals surface area contributed by atoms with Gasteiger partial charge in [0.25, 0.3) is 0 Å². The van der Waals surface area contributed by atoms with Crippen LogP contribution in [0.2, 0.25) is 0 Å². The van der Waals surface area contributed by atoms with Gasteiger partial charge in [0, 0.05) is 45.5 Å². The van der Waals surface area contributed by atoms with Crippen molar-refractivity contribution in [2.45, 2.75) is 0 Å². The number of urea groups is 1. The molecule has 2 aliphatic rings. The number of piperazine rings is 1. The highest BCUT2D eigenvalue weighted by molar-refractivity contribution is 7.18. The Kier molecular flexibility index (Phi) is 4.85. The number of rotatable bonds is 2. The van der Waals surface area contributed by atoms with Gasteiger partial charge in [-0.1, -0.05) is 41.7 Å². The van der Waals surface area contributed by atoms with Crippen molar-refractivity contribution in [1.29, 1.82) is 0 Å². The first-order valence-electron chi connectivity index (χ1n) is 8.69. The Hall–Kier alpha value is -2.12. The van der Waals surface area contributed by atoms with Crippen molar-refractivity contribution < 1.29 is 9.53 Å². The van der Waals surface area contributed by atoms with E-state index in [-0.39, 0.29) is 6.03 Å². The zero-order chi connectivity index (χ0) is 17.1. The van der Waals surface area contributed by atoms with E-state index < -0.39 is 0 Å². The molecule has 0 spiro atoms. The molecule has 0 saturated carbocycles. The lowest BCUT2D eigenvalue weighted by Gasteiger charge is -2.38. The van der Waals surface area contributed by atoms with Crippen LogP contribution in [0.5, 0.6) is 0 Å². The van der Waals surface area contributed by atoms with Crippen molar-refractivity contribution >= 4 is 22.5 Å². The van der Waals surface area contributed by atoms with Gasteiger partial charge in [0.2, 0.25) is 0 Å². The van der Waals surface area contributed by atoms with Gasteiger partial charge in [-0.15, -0.1) is 0 Å². The molecule has 2 saturated heterocycles. The van der Waals surface area contributed by atoms with Crippen molar-refractivity contribution in [2.24, 2.45) is 0 Å². The van der Waals surface area contributed by atoms with Crippen LogP contribution < -0.4 is 4.90 Å². The van der Waals surface area contributed by atoms with E-state index in [0.717, 1.165) is 31.3 Å². The van der Waals surface area contributed by atoms with Crippen molar-refractivity contribution in [2.75, 3.05) is 57.4 Å². The molecular formula is C18H22N4O2S. The lowest BCUT2D eigenvalue weighted by molar-refractivity contribution is 0.0428. The average Bonchev–Trinajstić information content (AvgIpc) is 3.19. The molecule has 3 heterocycles. The van der Waals surface area contributed by atoms with Gasteiger partial charge in [-0.2, -0.15) is 0 Å². The molecule has 7 heteroatoms. The summed E-state index contributed by atoms with van der Waals surface area (Å²) in [5.41, 5.74) is 1.20. The fourth-order valence-electron chi connectivity index (χ4n) is 3.19. The molecule has 1 aromatic heterocycles. The Morgan fingerprint density at radius 3 is 2.36 bits per heavy atom. The normalized spacial score (nSPS) is 18.5. The molecular weight excluding hydrogens is 336 g/mol. The molecule has 4 rings (SSSR count). The molecule has 0 atom stereocenters. The average molecular weight is 358 g/mol. The van der Waals surface area contributed by atoms with Crippen molar-refractivity contribution in [1.82, 2.24) is 14.8 Å². The summed E-state index contributed by atoms with van der Waals surface area (Å²) in [6, 6.07) is 10.5. The van der Waals surface area contributed by atoms with Gasteiger partial charge < -0.3 is 19.4 Å². The SMILES string of the molecule is O=C(N1CCOCC1)N1CCN(c2ncc(-c3ccccc3)s2)CC1. The molecule has 0 bridgehead atoms. The van der Waals surface area contributed by atoms with Crippen LogP contribution in [0.15, 0.2) is 36.5 Å². The molecule has 1 aromatic carbocycles. The first kappa shape index (κ1) is 16.4. The Labute approximate surface area is 151 Å². The zero-order valence-corrected chi connectivity index (χ0v) is 15.0. The highest BCUT2D eigenvalue weighted by Gasteiger charge is 2.27. The highest BCUT2D eigenvalue weighted by atomic mass is 32.1. The number of carbonyl (C=O) groups excluding carboxylic acids is 1. The van der Waals surface area contributed by atoms with E-state index in [1.54, 1.807) is 11.3 Å². The molecule has 0 unspecified atom stereocenters. The fourth-order valence-corrected chi connectivity index (χ4v) is 4.16. The number of ether oxygens (including phenoxy) is 1. The second-order valence-electron chi connectivity index (χ2n) is 6.23. The molecule has 2 amide bonds. The Bertz CT molecular complexity index is 707. The van der Waals surface area contributed by atoms with Gasteiger partial charge in [-0.25, -0.2) is 9.78 Å². The minimum absolute atomic E-state index is 0.145. The molecule has 0 radical (unpaired) electrons. The van der Waals surface area contributed by atoms with Crippen LogP contribution in [-0.4, -0.2) is 73.3 Å². The molecule has 0 N–H and O–H groups in total. The van der Waals surface area contributed by atoms with Crippen molar-refractivity contribution in [3.8, 4) is 10.4 Å². The number of hydrogen-bond acceptors (Lipinski definition) is 5. The lowest BCUT2D eigenvalue weighted by Crippen LogP contribution is -2.54. The van der Waals surface area contributed by atoms with Gasteiger partial charge in [-0.05, 0) is 5.56 Å². The van der Waals surface area contributed by atoms with Crippen LogP contribution in [0.4, 0.5) is 9.93 Å². The Morgan fingerprint density at radius 1 is 0.960 bits per heavy atom. The van der Waals surface area contributed by atoms with Gasteiger partial charge in [-0.3, -0.25) is 0 Å². The van der Waals surface area contributed by atoms with E-state index in [1.807, 2.05) is 34.2 Å². The first-order valence-corrected chi connectivity index (χ1v) is 9.51. The summed E-state index contributed by atoms with van der Waals surface area (Å²) in [6.45, 7) is 5.85. The zero-order valence-electron chi connectivity index (χ0n) is 14.1. The highest BCUT2D eigenvalue weighted by Crippen LogP contribution is 2.31. The number of thiazole rings is 1. The largest absolute Gasteiger partial charge is 0.378 e. The number of carbonyl (C=O) groups is 1. The third-order valence-electron chi connectivity index (χ3n) is 4.65. The molecule has 132 valence electrons. The number of aromatic nitrogens is 1. The quantitative estimate of drug-likeness (QED) is 0.827. The van der Waals surface area contributed by atoms with Crippen molar-refractivity contribution in [3.63, 3.8) is 0 Å². The number of benzene rings is 1. The van der Waals surface area contributed by atoms with Crippen LogP contribution in [0.1, 0.15) is 0 Å². The van der Waals surface area contributed by atoms with E-state index in [4.69, 9.17) is 4.74 Å². The number of hydrogen-bond donors (Lipinski definition) is 0. The van der Waals surface area contributed by atoms with E-state index in [1.165, 1.54) is 10.4 Å². The minimum atomic E-state index is 0.145. The van der Waals surface area contributed by atoms with Crippen LogP contribution in [0.25, 0.3) is 10.4 Å². The smallest absolute Gasteiger partial charge is 0.320 e. The maximum absolute atomic E-state index is 12.6. The molecule has 25 heavy (non-hydrogen) atoms. The molecule has 6 nitrogen and oxygen atoms in total. The maximum Gasteiger partial charge on any atom is 0.320 e. The first-order chi connectivity index (χ1) is 12.3. The van der Waals surface area contributed by atoms with Crippen LogP contribution in [0, 0.1) is 0 Å². The maximum atomic E-state index is 12.6. The van der Waals surface area contributed by atoms with E-state index in [2.05, 4.69) is 22.0 Å². The molecule has 0 aliphatic carbocycles. The predicted molar refractivity (Wildman–Crippen MR) is 99.1 cm³/mol. The van der Waals surface area contributed by atoms with Gasteiger partial charge >= 0.3 is 6.03 Å². The predicted octanol–water partition coefficient (Wildman–Crippen LogP) is 2.38. The Morgan fingerprint density at radius 2 is 1.64 bits per heavy atom. The number of nitrogens with zero attached hydrogens (tertiary/aromatic N) is 4. The summed E-state index contributed by atoms with van der Waals surface area (Å²) in [4.78, 5) is 24.5. The van der Waals surface area contributed by atoms with Crippen LogP contribution in [-0.2, 0) is 4.74 Å². The second kappa shape index (κ2) is 7.41. The third-order valence-corrected chi connectivity index (χ3v) is 5.76. The van der Waals surface area contributed by atoms with E-state index in [0.29, 0.717) is 26.3 Å². The monoisotopic (exact) mass is 358 g/mol. The second-order valence-corrected chi connectivity index (χ2v) is 7.24. The van der Waals surface area contributed by atoms with Crippen LogP contribution >= 0.6 is 11.3 Å². The summed E-state index contributed by atoms with van der Waals surface area (Å²) in [5, 5.41) is 1.04. The minimum Gasteiger partial charge on any atom is -0.378 e. The summed E-state index contributed by atoms with van der Waals surface area (Å²) < 4.78 is 5.32. The fraction of sp³-hybridized carbons (Fsp3) is 0.444. The van der Waals surface area contributed by atoms with Gasteiger partial charge in [0.1, 0.15) is 0 Å². The molecule has 2 fully saturated rings. The summed E-state index contributed by atoms with van der Waals surface area (Å²) in [5.74, 6) is 0.